The van der Waals surface area contributed by atoms with E-state index in [0.717, 1.165) is 33.5 Å². The summed E-state index contributed by atoms with van der Waals surface area (Å²) in [4.78, 5) is 12.5. The van der Waals surface area contributed by atoms with Crippen molar-refractivity contribution in [2.24, 2.45) is 5.92 Å². The van der Waals surface area contributed by atoms with Gasteiger partial charge < -0.3 is 19.9 Å². The molecule has 0 aliphatic carbocycles. The smallest absolute Gasteiger partial charge is 0.257 e. The van der Waals surface area contributed by atoms with Gasteiger partial charge in [0.1, 0.15) is 5.56 Å². The Bertz CT molecular complexity index is 2270. The maximum absolute atomic E-state index is 14.2. The van der Waals surface area contributed by atoms with Crippen LogP contribution < -0.4 is 5.32 Å². The lowest BCUT2D eigenvalue weighted by Gasteiger charge is -2.41. The van der Waals surface area contributed by atoms with Gasteiger partial charge in [-0.25, -0.2) is 22.0 Å². The van der Waals surface area contributed by atoms with Crippen molar-refractivity contribution < 1.29 is 41.3 Å². The molecule has 0 bridgehead atoms. The van der Waals surface area contributed by atoms with Gasteiger partial charge in [0, 0.05) is 23.8 Å². The standard InChI is InChI=1S/C40H32F5N5O4S/c1-22-30(21-55-40-47-48-49-50(40)29-8-3-2-4-9-29)53-39(54-37(22)26-12-10-23(20-51)11-13-26)27-16-14-25(15-17-27)28-7-5-6-24(18-28)19-46-38(52)31-32(41)34(43)36(45)35(44)33(31)42/h2-18,22,30,37,39,51H,19-21H2,1H3,(H,46,52)/t22-,30+,37+,39+/m1/s1. The van der Waals surface area contributed by atoms with Crippen LogP contribution in [0.3, 0.4) is 0 Å². The molecule has 1 amide bonds. The topological polar surface area (TPSA) is 111 Å². The lowest BCUT2D eigenvalue weighted by Crippen LogP contribution is -2.38. The number of hydrogen-bond donors (Lipinski definition) is 2. The molecule has 2 heterocycles. The van der Waals surface area contributed by atoms with Crippen molar-refractivity contribution in [2.45, 2.75) is 43.7 Å². The fraction of sp³-hybridized carbons (Fsp3) is 0.200. The number of ether oxygens (including phenoxy) is 2. The first-order valence-electron chi connectivity index (χ1n) is 17.1. The van der Waals surface area contributed by atoms with Crippen LogP contribution in [0.5, 0.6) is 0 Å². The molecule has 0 unspecified atom stereocenters. The van der Waals surface area contributed by atoms with E-state index in [2.05, 4.69) is 27.8 Å². The predicted octanol–water partition coefficient (Wildman–Crippen LogP) is 8.03. The van der Waals surface area contributed by atoms with Crippen LogP contribution in [0.4, 0.5) is 22.0 Å². The first-order chi connectivity index (χ1) is 26.6. The molecule has 7 rings (SSSR count). The Hall–Kier alpha value is -5.48. The summed E-state index contributed by atoms with van der Waals surface area (Å²) in [5, 5.41) is 24.7. The van der Waals surface area contributed by atoms with Gasteiger partial charge >= 0.3 is 0 Å². The van der Waals surface area contributed by atoms with Crippen molar-refractivity contribution >= 4 is 17.7 Å². The van der Waals surface area contributed by atoms with E-state index in [9.17, 15) is 31.9 Å². The maximum Gasteiger partial charge on any atom is 0.257 e. The molecular weight excluding hydrogens is 742 g/mol. The summed E-state index contributed by atoms with van der Waals surface area (Å²) < 4.78 is 83.9. The molecule has 4 atom stereocenters. The van der Waals surface area contributed by atoms with E-state index in [1.165, 1.54) is 11.8 Å². The number of thioether (sulfide) groups is 1. The average molecular weight is 774 g/mol. The van der Waals surface area contributed by atoms with Crippen LogP contribution in [0.2, 0.25) is 0 Å². The van der Waals surface area contributed by atoms with Crippen molar-refractivity contribution in [3.8, 4) is 16.8 Å². The van der Waals surface area contributed by atoms with E-state index < -0.39 is 46.8 Å². The third-order valence-corrected chi connectivity index (χ3v) is 10.3. The van der Waals surface area contributed by atoms with E-state index in [1.54, 1.807) is 22.9 Å². The Morgan fingerprint density at radius 3 is 2.15 bits per heavy atom. The minimum absolute atomic E-state index is 0.0786. The van der Waals surface area contributed by atoms with Gasteiger partial charge in [0.25, 0.3) is 5.91 Å². The predicted molar refractivity (Wildman–Crippen MR) is 192 cm³/mol. The Morgan fingerprint density at radius 1 is 0.782 bits per heavy atom. The highest BCUT2D eigenvalue weighted by molar-refractivity contribution is 7.99. The number of nitrogens with one attached hydrogen (secondary N) is 1. The highest BCUT2D eigenvalue weighted by Crippen LogP contribution is 2.43. The Labute approximate surface area is 316 Å². The highest BCUT2D eigenvalue weighted by atomic mass is 32.2. The molecule has 2 N–H and O–H groups in total. The second-order valence-corrected chi connectivity index (χ2v) is 13.8. The molecule has 0 radical (unpaired) electrons. The van der Waals surface area contributed by atoms with Crippen molar-refractivity contribution in [3.63, 3.8) is 0 Å². The molecule has 9 nitrogen and oxygen atoms in total. The van der Waals surface area contributed by atoms with Gasteiger partial charge in [-0.2, -0.15) is 4.68 Å². The van der Waals surface area contributed by atoms with E-state index in [-0.39, 0.29) is 31.3 Å². The molecule has 1 aliphatic rings. The summed E-state index contributed by atoms with van der Waals surface area (Å²) in [7, 11) is 0. The average Bonchev–Trinajstić information content (AvgIpc) is 3.70. The number of carbonyl (C=O) groups is 1. The number of aromatic nitrogens is 4. The molecular formula is C40H32F5N5O4S. The number of nitrogens with zero attached hydrogens (tertiary/aromatic N) is 4. The van der Waals surface area contributed by atoms with Gasteiger partial charge in [-0.3, -0.25) is 4.79 Å². The lowest BCUT2D eigenvalue weighted by atomic mass is 9.91. The minimum atomic E-state index is -2.34. The number of halogens is 5. The van der Waals surface area contributed by atoms with Crippen LogP contribution in [0, 0.1) is 35.0 Å². The fourth-order valence-corrected chi connectivity index (χ4v) is 7.29. The molecule has 55 heavy (non-hydrogen) atoms. The zero-order chi connectivity index (χ0) is 38.6. The number of aliphatic hydroxyl groups is 1. The van der Waals surface area contributed by atoms with E-state index in [1.807, 2.05) is 84.9 Å². The van der Waals surface area contributed by atoms with Gasteiger partial charge in [0.15, 0.2) is 29.6 Å². The largest absolute Gasteiger partial charge is 0.392 e. The second-order valence-electron chi connectivity index (χ2n) is 12.8. The Morgan fingerprint density at radius 2 is 1.45 bits per heavy atom. The van der Waals surface area contributed by atoms with Crippen molar-refractivity contribution in [1.29, 1.82) is 0 Å². The van der Waals surface area contributed by atoms with E-state index in [4.69, 9.17) is 9.47 Å². The van der Waals surface area contributed by atoms with Crippen molar-refractivity contribution in [3.05, 3.63) is 160 Å². The molecule has 1 aliphatic heterocycles. The van der Waals surface area contributed by atoms with Gasteiger partial charge in [-0.1, -0.05) is 104 Å². The highest BCUT2D eigenvalue weighted by Gasteiger charge is 2.39. The SMILES string of the molecule is C[C@@H]1[C@H](CSc2nnnn2-c2ccccc2)O[C@H](c2ccc(-c3cccc(CNC(=O)c4c(F)c(F)c(F)c(F)c4F)c3)cc2)O[C@@H]1c1ccc(CO)cc1. The number of para-hydroxylation sites is 1. The first-order valence-corrected chi connectivity index (χ1v) is 18.1. The monoisotopic (exact) mass is 773 g/mol. The van der Waals surface area contributed by atoms with Crippen molar-refractivity contribution in [1.82, 2.24) is 25.5 Å². The van der Waals surface area contributed by atoms with Gasteiger partial charge in [0.05, 0.1) is 24.5 Å². The normalized spacial score (nSPS) is 18.3. The molecule has 1 saturated heterocycles. The fourth-order valence-electron chi connectivity index (χ4n) is 6.24. The van der Waals surface area contributed by atoms with E-state index in [0.29, 0.717) is 16.5 Å². The number of tetrazole rings is 1. The van der Waals surface area contributed by atoms with Gasteiger partial charge in [-0.15, -0.1) is 5.10 Å². The second kappa shape index (κ2) is 16.5. The molecule has 6 aromatic rings. The number of amides is 1. The number of aliphatic hydroxyl groups excluding tert-OH is 1. The molecule has 1 fully saturated rings. The minimum Gasteiger partial charge on any atom is -0.392 e. The van der Waals surface area contributed by atoms with Crippen LogP contribution in [0.1, 0.15) is 51.9 Å². The molecule has 0 saturated carbocycles. The van der Waals surface area contributed by atoms with Gasteiger partial charge in [-0.05, 0) is 56.4 Å². The van der Waals surface area contributed by atoms with Crippen LogP contribution in [0.25, 0.3) is 16.8 Å². The van der Waals surface area contributed by atoms with E-state index >= 15 is 0 Å². The van der Waals surface area contributed by atoms with Crippen LogP contribution >= 0.6 is 11.8 Å². The molecule has 0 spiro atoms. The zero-order valence-electron chi connectivity index (χ0n) is 29.0. The summed E-state index contributed by atoms with van der Waals surface area (Å²) in [6.45, 7) is 1.74. The summed E-state index contributed by atoms with van der Waals surface area (Å²) in [5.41, 5.74) is 3.78. The number of carbonyl (C=O) groups excluding carboxylic acids is 1. The summed E-state index contributed by atoms with van der Waals surface area (Å²) in [5.74, 6) is -12.2. The first kappa shape index (κ1) is 37.8. The lowest BCUT2D eigenvalue weighted by molar-refractivity contribution is -0.268. The summed E-state index contributed by atoms with van der Waals surface area (Å²) in [6.07, 6.45) is -1.38. The van der Waals surface area contributed by atoms with Gasteiger partial charge in [0.2, 0.25) is 11.0 Å². The third kappa shape index (κ3) is 8.01. The number of rotatable bonds is 11. The summed E-state index contributed by atoms with van der Waals surface area (Å²) in [6, 6.07) is 31.6. The number of benzene rings is 5. The van der Waals surface area contributed by atoms with Crippen LogP contribution in [-0.4, -0.2) is 43.1 Å². The Balaban J connectivity index is 1.08. The molecule has 1 aromatic heterocycles. The van der Waals surface area contributed by atoms with Crippen LogP contribution in [-0.2, 0) is 22.6 Å². The number of hydrogen-bond acceptors (Lipinski definition) is 8. The zero-order valence-corrected chi connectivity index (χ0v) is 29.8. The molecule has 15 heteroatoms. The third-order valence-electron chi connectivity index (χ3n) is 9.27. The molecule has 5 aromatic carbocycles. The quantitative estimate of drug-likeness (QED) is 0.0590. The molecule has 282 valence electrons. The summed E-state index contributed by atoms with van der Waals surface area (Å²) >= 11 is 1.47. The Kier molecular flexibility index (Phi) is 11.3. The van der Waals surface area contributed by atoms with Crippen molar-refractivity contribution in [2.75, 3.05) is 5.75 Å². The van der Waals surface area contributed by atoms with Crippen LogP contribution in [0.15, 0.2) is 108 Å². The maximum atomic E-state index is 14.2.